The first-order valence-electron chi connectivity index (χ1n) is 3.52. The van der Waals surface area contributed by atoms with E-state index < -0.39 is 5.60 Å². The second kappa shape index (κ2) is 5.14. The summed E-state index contributed by atoms with van der Waals surface area (Å²) in [6, 6.07) is 0. The molecule has 0 saturated carbocycles. The van der Waals surface area contributed by atoms with Crippen LogP contribution in [0.4, 0.5) is 0 Å². The molecule has 11 heavy (non-hydrogen) atoms. The molecule has 0 bridgehead atoms. The molecule has 0 rings (SSSR count). The molecule has 0 saturated heterocycles. The van der Waals surface area contributed by atoms with Gasteiger partial charge in [-0.1, -0.05) is 5.92 Å². The van der Waals surface area contributed by atoms with Crippen molar-refractivity contribution in [2.75, 3.05) is 26.8 Å². The van der Waals surface area contributed by atoms with Crippen LogP contribution in [-0.4, -0.2) is 37.5 Å². The molecule has 0 spiro atoms. The van der Waals surface area contributed by atoms with Gasteiger partial charge in [-0.05, 0) is 6.92 Å². The predicted octanol–water partition coefficient (Wildman–Crippen LogP) is -0.393. The SMILES string of the molecule is C#CC(C)(O)CNCCOC. The van der Waals surface area contributed by atoms with Gasteiger partial charge in [0, 0.05) is 20.2 Å². The van der Waals surface area contributed by atoms with E-state index in [1.165, 1.54) is 0 Å². The van der Waals surface area contributed by atoms with Gasteiger partial charge in [0.25, 0.3) is 0 Å². The van der Waals surface area contributed by atoms with Crippen molar-refractivity contribution in [3.8, 4) is 12.3 Å². The molecule has 1 atom stereocenters. The summed E-state index contributed by atoms with van der Waals surface area (Å²) in [6.07, 6.45) is 5.05. The van der Waals surface area contributed by atoms with E-state index in [0.29, 0.717) is 19.7 Å². The maximum Gasteiger partial charge on any atom is 0.134 e. The summed E-state index contributed by atoms with van der Waals surface area (Å²) in [7, 11) is 1.63. The van der Waals surface area contributed by atoms with E-state index in [4.69, 9.17) is 11.2 Å². The first kappa shape index (κ1) is 10.4. The van der Waals surface area contributed by atoms with Crippen LogP contribution in [0.25, 0.3) is 0 Å². The zero-order chi connectivity index (χ0) is 8.74. The number of nitrogens with one attached hydrogen (secondary N) is 1. The minimum Gasteiger partial charge on any atom is -0.383 e. The molecule has 0 aromatic carbocycles. The van der Waals surface area contributed by atoms with Gasteiger partial charge in [0.05, 0.1) is 6.61 Å². The lowest BCUT2D eigenvalue weighted by molar-refractivity contribution is 0.116. The smallest absolute Gasteiger partial charge is 0.134 e. The van der Waals surface area contributed by atoms with Crippen LogP contribution in [0.1, 0.15) is 6.92 Å². The van der Waals surface area contributed by atoms with E-state index in [2.05, 4.69) is 11.2 Å². The van der Waals surface area contributed by atoms with Crippen LogP contribution in [0, 0.1) is 12.3 Å². The summed E-state index contributed by atoms with van der Waals surface area (Å²) in [5.41, 5.74) is -1.05. The van der Waals surface area contributed by atoms with E-state index in [-0.39, 0.29) is 0 Å². The topological polar surface area (TPSA) is 41.5 Å². The van der Waals surface area contributed by atoms with Crippen LogP contribution in [0.3, 0.4) is 0 Å². The second-order valence-corrected chi connectivity index (χ2v) is 2.59. The fourth-order valence-corrected chi connectivity index (χ4v) is 0.557. The van der Waals surface area contributed by atoms with Crippen LogP contribution < -0.4 is 5.32 Å². The van der Waals surface area contributed by atoms with E-state index in [1.54, 1.807) is 14.0 Å². The van der Waals surface area contributed by atoms with Gasteiger partial charge < -0.3 is 15.2 Å². The summed E-state index contributed by atoms with van der Waals surface area (Å²) in [4.78, 5) is 0. The highest BCUT2D eigenvalue weighted by Crippen LogP contribution is 1.96. The lowest BCUT2D eigenvalue weighted by Gasteiger charge is -2.16. The molecule has 1 unspecified atom stereocenters. The van der Waals surface area contributed by atoms with Crippen LogP contribution in [0.5, 0.6) is 0 Å². The van der Waals surface area contributed by atoms with Crippen molar-refractivity contribution in [2.45, 2.75) is 12.5 Å². The summed E-state index contributed by atoms with van der Waals surface area (Å²) < 4.78 is 4.79. The Morgan fingerprint density at radius 1 is 1.73 bits per heavy atom. The Kier molecular flexibility index (Phi) is 4.88. The third-order valence-corrected chi connectivity index (χ3v) is 1.26. The maximum absolute atomic E-state index is 9.28. The molecule has 0 aromatic rings. The van der Waals surface area contributed by atoms with Crippen LogP contribution >= 0.6 is 0 Å². The number of terminal acetylenes is 1. The van der Waals surface area contributed by atoms with Crippen molar-refractivity contribution in [3.63, 3.8) is 0 Å². The van der Waals surface area contributed by atoms with Crippen molar-refractivity contribution < 1.29 is 9.84 Å². The van der Waals surface area contributed by atoms with Gasteiger partial charge in [0.15, 0.2) is 0 Å². The van der Waals surface area contributed by atoms with E-state index >= 15 is 0 Å². The first-order valence-corrected chi connectivity index (χ1v) is 3.52. The Hall–Kier alpha value is -0.560. The van der Waals surface area contributed by atoms with Gasteiger partial charge in [-0.25, -0.2) is 0 Å². The van der Waals surface area contributed by atoms with Crippen molar-refractivity contribution in [2.24, 2.45) is 0 Å². The average molecular weight is 157 g/mol. The highest BCUT2D eigenvalue weighted by molar-refractivity contribution is 5.05. The first-order chi connectivity index (χ1) is 5.12. The molecule has 0 aliphatic rings. The molecule has 0 aliphatic heterocycles. The Balaban J connectivity index is 3.32. The summed E-state index contributed by atoms with van der Waals surface area (Å²) >= 11 is 0. The van der Waals surface area contributed by atoms with Crippen molar-refractivity contribution in [3.05, 3.63) is 0 Å². The van der Waals surface area contributed by atoms with E-state index in [0.717, 1.165) is 0 Å². The maximum atomic E-state index is 9.28. The number of methoxy groups -OCH3 is 1. The average Bonchev–Trinajstić information content (AvgIpc) is 1.99. The minimum atomic E-state index is -1.05. The number of ether oxygens (including phenoxy) is 1. The molecule has 0 aliphatic carbocycles. The lowest BCUT2D eigenvalue weighted by Crippen LogP contribution is -2.37. The third-order valence-electron chi connectivity index (χ3n) is 1.26. The molecule has 0 radical (unpaired) electrons. The van der Waals surface area contributed by atoms with E-state index in [9.17, 15) is 5.11 Å². The predicted molar refractivity (Wildman–Crippen MR) is 44.2 cm³/mol. The Morgan fingerprint density at radius 2 is 2.36 bits per heavy atom. The fraction of sp³-hybridized carbons (Fsp3) is 0.750. The zero-order valence-corrected chi connectivity index (χ0v) is 7.05. The minimum absolute atomic E-state index is 0.396. The summed E-state index contributed by atoms with van der Waals surface area (Å²) in [5.74, 6) is 2.27. The largest absolute Gasteiger partial charge is 0.383 e. The highest BCUT2D eigenvalue weighted by atomic mass is 16.5. The second-order valence-electron chi connectivity index (χ2n) is 2.59. The van der Waals surface area contributed by atoms with Crippen molar-refractivity contribution in [1.29, 1.82) is 0 Å². The summed E-state index contributed by atoms with van der Waals surface area (Å²) in [5, 5.41) is 12.2. The molecule has 0 heterocycles. The molecular formula is C8H15NO2. The zero-order valence-electron chi connectivity index (χ0n) is 7.05. The molecule has 0 aromatic heterocycles. The fourth-order valence-electron chi connectivity index (χ4n) is 0.557. The molecule has 2 N–H and O–H groups in total. The normalized spacial score (nSPS) is 15.5. The van der Waals surface area contributed by atoms with Gasteiger partial charge in [-0.3, -0.25) is 0 Å². The summed E-state index contributed by atoms with van der Waals surface area (Å²) in [6.45, 7) is 3.31. The number of rotatable bonds is 5. The Labute approximate surface area is 67.8 Å². The van der Waals surface area contributed by atoms with Gasteiger partial charge in [-0.2, -0.15) is 0 Å². The standard InChI is InChI=1S/C8H15NO2/c1-4-8(2,10)7-9-5-6-11-3/h1,9-10H,5-7H2,2-3H3. The Morgan fingerprint density at radius 3 is 2.82 bits per heavy atom. The molecule has 0 amide bonds. The molecule has 64 valence electrons. The monoisotopic (exact) mass is 157 g/mol. The van der Waals surface area contributed by atoms with Crippen LogP contribution in [0.2, 0.25) is 0 Å². The number of aliphatic hydroxyl groups is 1. The van der Waals surface area contributed by atoms with Crippen LogP contribution in [-0.2, 0) is 4.74 Å². The highest BCUT2D eigenvalue weighted by Gasteiger charge is 2.14. The van der Waals surface area contributed by atoms with Gasteiger partial charge in [0.2, 0.25) is 0 Å². The number of hydrogen-bond acceptors (Lipinski definition) is 3. The quantitative estimate of drug-likeness (QED) is 0.422. The van der Waals surface area contributed by atoms with E-state index in [1.807, 2.05) is 0 Å². The van der Waals surface area contributed by atoms with Crippen molar-refractivity contribution >= 4 is 0 Å². The number of hydrogen-bond donors (Lipinski definition) is 2. The molecular weight excluding hydrogens is 142 g/mol. The van der Waals surface area contributed by atoms with Crippen molar-refractivity contribution in [1.82, 2.24) is 5.32 Å². The van der Waals surface area contributed by atoms with Gasteiger partial charge in [0.1, 0.15) is 5.60 Å². The molecule has 0 fully saturated rings. The Bertz CT molecular complexity index is 138. The molecule has 3 nitrogen and oxygen atoms in total. The van der Waals surface area contributed by atoms with Crippen LogP contribution in [0.15, 0.2) is 0 Å². The molecule has 3 heteroatoms. The lowest BCUT2D eigenvalue weighted by atomic mass is 10.1. The van der Waals surface area contributed by atoms with Gasteiger partial charge >= 0.3 is 0 Å². The third kappa shape index (κ3) is 5.86. The van der Waals surface area contributed by atoms with Gasteiger partial charge in [-0.15, -0.1) is 6.42 Å².